The summed E-state index contributed by atoms with van der Waals surface area (Å²) in [5.41, 5.74) is 0. The van der Waals surface area contributed by atoms with Crippen LogP contribution in [0.5, 0.6) is 0 Å². The molecule has 0 fully saturated rings. The van der Waals surface area contributed by atoms with Gasteiger partial charge in [0.2, 0.25) is 0 Å². The number of carbonyl (C=O) groups is 3. The monoisotopic (exact) mass is 1110 g/mol. The molecule has 6 heteroatoms. The highest BCUT2D eigenvalue weighted by Gasteiger charge is 2.19. The molecule has 0 saturated carbocycles. The van der Waals surface area contributed by atoms with E-state index in [-0.39, 0.29) is 31.1 Å². The third-order valence-electron chi connectivity index (χ3n) is 16.5. The highest BCUT2D eigenvalue weighted by Crippen LogP contribution is 2.19. The van der Waals surface area contributed by atoms with Gasteiger partial charge < -0.3 is 14.2 Å². The molecule has 0 saturated heterocycles. The van der Waals surface area contributed by atoms with E-state index in [1.165, 1.54) is 289 Å². The maximum atomic E-state index is 12.9. The van der Waals surface area contributed by atoms with Crippen molar-refractivity contribution in [1.29, 1.82) is 0 Å². The molecule has 0 heterocycles. The first kappa shape index (κ1) is 76.9. The minimum atomic E-state index is -0.774. The molecule has 0 spiro atoms. The summed E-state index contributed by atoms with van der Waals surface area (Å²) in [7, 11) is 0. The first-order valence-corrected chi connectivity index (χ1v) is 35.8. The summed E-state index contributed by atoms with van der Waals surface area (Å²) in [6.07, 6.45) is 83.7. The van der Waals surface area contributed by atoms with Gasteiger partial charge in [0.05, 0.1) is 0 Å². The molecule has 1 atom stereocenters. The van der Waals surface area contributed by atoms with E-state index >= 15 is 0 Å². The topological polar surface area (TPSA) is 78.9 Å². The van der Waals surface area contributed by atoms with Crippen molar-refractivity contribution in [3.8, 4) is 0 Å². The molecule has 466 valence electrons. The van der Waals surface area contributed by atoms with Crippen molar-refractivity contribution in [3.63, 3.8) is 0 Å². The van der Waals surface area contributed by atoms with E-state index in [1.807, 2.05) is 0 Å². The van der Waals surface area contributed by atoms with Gasteiger partial charge in [-0.05, 0) is 44.9 Å². The average molecular weight is 1110 g/mol. The third-order valence-corrected chi connectivity index (χ3v) is 16.5. The highest BCUT2D eigenvalue weighted by atomic mass is 16.6. The SMILES string of the molecule is CCCC/C=C\C/C=C\CCCCCCCC(=O)OCC(COC(=O)CCCCCCCCCCCCCCCCCCCCCCCCCCCCCCCC)OC(=O)CCCCCCCCCCCCCCCCCCC. The third kappa shape index (κ3) is 66.6. The smallest absolute Gasteiger partial charge is 0.306 e. The van der Waals surface area contributed by atoms with Gasteiger partial charge in [-0.3, -0.25) is 14.4 Å². The Balaban J connectivity index is 4.14. The Morgan fingerprint density at radius 1 is 0.253 bits per heavy atom. The van der Waals surface area contributed by atoms with Crippen molar-refractivity contribution in [3.05, 3.63) is 24.3 Å². The molecule has 0 amide bonds. The Labute approximate surface area is 493 Å². The van der Waals surface area contributed by atoms with Crippen LogP contribution in [-0.4, -0.2) is 37.2 Å². The van der Waals surface area contributed by atoms with Gasteiger partial charge in [0.25, 0.3) is 0 Å². The second kappa shape index (κ2) is 68.4. The second-order valence-corrected chi connectivity index (χ2v) is 24.5. The zero-order chi connectivity index (χ0) is 57.1. The predicted octanol–water partition coefficient (Wildman–Crippen LogP) is 24.6. The minimum absolute atomic E-state index is 0.0694. The number of hydrogen-bond acceptors (Lipinski definition) is 6. The minimum Gasteiger partial charge on any atom is -0.462 e. The zero-order valence-electron chi connectivity index (χ0n) is 53.7. The normalized spacial score (nSPS) is 12.1. The van der Waals surface area contributed by atoms with E-state index in [4.69, 9.17) is 14.2 Å². The molecule has 0 bridgehead atoms. The summed E-state index contributed by atoms with van der Waals surface area (Å²) in [5.74, 6) is -0.852. The van der Waals surface area contributed by atoms with E-state index in [0.717, 1.165) is 77.0 Å². The molecule has 0 aromatic heterocycles. The van der Waals surface area contributed by atoms with Crippen LogP contribution in [0.3, 0.4) is 0 Å². The lowest BCUT2D eigenvalue weighted by molar-refractivity contribution is -0.167. The van der Waals surface area contributed by atoms with Gasteiger partial charge in [-0.25, -0.2) is 0 Å². The number of esters is 3. The van der Waals surface area contributed by atoms with Gasteiger partial charge in [-0.2, -0.15) is 0 Å². The molecule has 1 unspecified atom stereocenters. The van der Waals surface area contributed by atoms with E-state index in [0.29, 0.717) is 19.3 Å². The maximum Gasteiger partial charge on any atom is 0.306 e. The molecule has 0 aromatic carbocycles. The molecule has 0 N–H and O–H groups in total. The van der Waals surface area contributed by atoms with Crippen LogP contribution in [0, 0.1) is 0 Å². The summed E-state index contributed by atoms with van der Waals surface area (Å²) in [4.78, 5) is 38.4. The average Bonchev–Trinajstić information content (AvgIpc) is 3.45. The van der Waals surface area contributed by atoms with Crippen molar-refractivity contribution in [2.24, 2.45) is 0 Å². The maximum absolute atomic E-state index is 12.9. The number of ether oxygens (including phenoxy) is 3. The lowest BCUT2D eigenvalue weighted by atomic mass is 10.0. The van der Waals surface area contributed by atoms with E-state index in [2.05, 4.69) is 45.1 Å². The molecule has 0 radical (unpaired) electrons. The molecular formula is C73H138O6. The quantitative estimate of drug-likeness (QED) is 0.0261. The fraction of sp³-hybridized carbons (Fsp3) is 0.904. The van der Waals surface area contributed by atoms with E-state index in [9.17, 15) is 14.4 Å². The molecule has 0 aromatic rings. The first-order valence-electron chi connectivity index (χ1n) is 35.8. The van der Waals surface area contributed by atoms with Crippen LogP contribution in [0.2, 0.25) is 0 Å². The van der Waals surface area contributed by atoms with E-state index < -0.39 is 6.10 Å². The fourth-order valence-electron chi connectivity index (χ4n) is 11.1. The molecular weight excluding hydrogens is 973 g/mol. The number of unbranched alkanes of at least 4 members (excludes halogenated alkanes) is 52. The van der Waals surface area contributed by atoms with Gasteiger partial charge in [-0.1, -0.05) is 366 Å². The molecule has 79 heavy (non-hydrogen) atoms. The van der Waals surface area contributed by atoms with Gasteiger partial charge in [0.1, 0.15) is 13.2 Å². The lowest BCUT2D eigenvalue weighted by Crippen LogP contribution is -2.30. The van der Waals surface area contributed by atoms with Gasteiger partial charge in [0.15, 0.2) is 6.10 Å². The fourth-order valence-corrected chi connectivity index (χ4v) is 11.1. The standard InChI is InChI=1S/C73H138O6/c1-4-7-10-13-16-19-22-25-28-30-31-32-33-34-35-36-37-38-39-40-41-42-44-45-48-51-54-57-60-63-66-72(75)78-69-70(68-77-71(74)65-62-59-56-53-50-47-27-24-21-18-15-12-9-6-3)79-73(76)67-64-61-58-55-52-49-46-43-29-26-23-20-17-14-11-8-5-2/h15,18,24,27,70H,4-14,16-17,19-23,25-26,28-69H2,1-3H3/b18-15-,27-24-. The number of hydrogen-bond donors (Lipinski definition) is 0. The summed E-state index contributed by atoms with van der Waals surface area (Å²) in [6, 6.07) is 0. The molecule has 0 rings (SSSR count). The highest BCUT2D eigenvalue weighted by molar-refractivity contribution is 5.71. The van der Waals surface area contributed by atoms with Crippen LogP contribution in [0.1, 0.15) is 406 Å². The van der Waals surface area contributed by atoms with Crippen LogP contribution in [0.4, 0.5) is 0 Å². The zero-order valence-corrected chi connectivity index (χ0v) is 53.7. The lowest BCUT2D eigenvalue weighted by Gasteiger charge is -2.18. The van der Waals surface area contributed by atoms with Gasteiger partial charge >= 0.3 is 17.9 Å². The summed E-state index contributed by atoms with van der Waals surface area (Å²) >= 11 is 0. The number of rotatable bonds is 67. The predicted molar refractivity (Wildman–Crippen MR) is 344 cm³/mol. The van der Waals surface area contributed by atoms with Crippen LogP contribution in [0.25, 0.3) is 0 Å². The van der Waals surface area contributed by atoms with Crippen molar-refractivity contribution in [2.75, 3.05) is 13.2 Å². The number of carbonyl (C=O) groups excluding carboxylic acids is 3. The first-order chi connectivity index (χ1) is 39.0. The Morgan fingerprint density at radius 3 is 0.734 bits per heavy atom. The summed E-state index contributed by atoms with van der Waals surface area (Å²) in [5, 5.41) is 0. The largest absolute Gasteiger partial charge is 0.462 e. The van der Waals surface area contributed by atoms with Crippen molar-refractivity contribution in [1.82, 2.24) is 0 Å². The second-order valence-electron chi connectivity index (χ2n) is 24.5. The molecule has 6 nitrogen and oxygen atoms in total. The van der Waals surface area contributed by atoms with Crippen molar-refractivity contribution in [2.45, 2.75) is 412 Å². The summed E-state index contributed by atoms with van der Waals surface area (Å²) < 4.78 is 17.0. The van der Waals surface area contributed by atoms with Crippen molar-refractivity contribution < 1.29 is 28.6 Å². The Hall–Kier alpha value is -2.11. The van der Waals surface area contributed by atoms with Crippen LogP contribution < -0.4 is 0 Å². The Bertz CT molecular complexity index is 1270. The van der Waals surface area contributed by atoms with Crippen molar-refractivity contribution >= 4 is 17.9 Å². The molecule has 0 aliphatic carbocycles. The Morgan fingerprint density at radius 2 is 0.468 bits per heavy atom. The molecule has 0 aliphatic rings. The molecule has 0 aliphatic heterocycles. The Kier molecular flexibility index (Phi) is 66.6. The van der Waals surface area contributed by atoms with E-state index in [1.54, 1.807) is 0 Å². The number of allylic oxidation sites excluding steroid dienone is 4. The van der Waals surface area contributed by atoms with Crippen LogP contribution >= 0.6 is 0 Å². The van der Waals surface area contributed by atoms with Crippen LogP contribution in [0.15, 0.2) is 24.3 Å². The summed E-state index contributed by atoms with van der Waals surface area (Å²) in [6.45, 7) is 6.67. The van der Waals surface area contributed by atoms with Gasteiger partial charge in [0, 0.05) is 19.3 Å². The van der Waals surface area contributed by atoms with Crippen LogP contribution in [-0.2, 0) is 28.6 Å². The van der Waals surface area contributed by atoms with Gasteiger partial charge in [-0.15, -0.1) is 0 Å².